The predicted octanol–water partition coefficient (Wildman–Crippen LogP) is 4.26. The number of Topliss-reactive ketones (excluding diaryl/α,β-unsaturated/α-hetero) is 1. The molecule has 25 heavy (non-hydrogen) atoms. The third-order valence-corrected chi connectivity index (χ3v) is 7.75. The van der Waals surface area contributed by atoms with Crippen LogP contribution in [0.1, 0.15) is 66.2 Å². The van der Waals surface area contributed by atoms with Crippen LogP contribution in [0.25, 0.3) is 0 Å². The van der Waals surface area contributed by atoms with Crippen LogP contribution in [0.15, 0.2) is 23.2 Å². The van der Waals surface area contributed by atoms with E-state index in [1.54, 1.807) is 0 Å². The van der Waals surface area contributed by atoms with E-state index in [-0.39, 0.29) is 28.3 Å². The number of carbonyl (C=O) groups is 2. The number of hydrogen-bond acceptors (Lipinski definition) is 4. The SMILES string of the molecule is CC1(C)CCC[C@]2(C)[C@H]3CC4=C(O[C@]3(C)CC[C@@H]12)C(=O)C=C(O)C4=O. The Morgan fingerprint density at radius 2 is 1.80 bits per heavy atom. The number of rotatable bonds is 0. The van der Waals surface area contributed by atoms with Crippen molar-refractivity contribution in [3.8, 4) is 0 Å². The summed E-state index contributed by atoms with van der Waals surface area (Å²) in [6.07, 6.45) is 7.12. The second-order valence-corrected chi connectivity index (χ2v) is 9.64. The summed E-state index contributed by atoms with van der Waals surface area (Å²) in [6.45, 7) is 9.22. The first-order chi connectivity index (χ1) is 11.6. The highest BCUT2D eigenvalue weighted by atomic mass is 16.5. The van der Waals surface area contributed by atoms with E-state index in [4.69, 9.17) is 4.74 Å². The molecule has 4 rings (SSSR count). The molecular weight excluding hydrogens is 316 g/mol. The molecule has 4 atom stereocenters. The maximum absolute atomic E-state index is 12.5. The summed E-state index contributed by atoms with van der Waals surface area (Å²) < 4.78 is 6.25. The Morgan fingerprint density at radius 1 is 1.08 bits per heavy atom. The first-order valence-electron chi connectivity index (χ1n) is 9.50. The van der Waals surface area contributed by atoms with E-state index in [1.165, 1.54) is 12.8 Å². The van der Waals surface area contributed by atoms with Crippen molar-refractivity contribution in [1.29, 1.82) is 0 Å². The predicted molar refractivity (Wildman–Crippen MR) is 93.8 cm³/mol. The van der Waals surface area contributed by atoms with Crippen molar-refractivity contribution in [3.63, 3.8) is 0 Å². The zero-order valence-electron chi connectivity index (χ0n) is 15.6. The number of fused-ring (bicyclic) bond motifs is 3. The van der Waals surface area contributed by atoms with E-state index in [0.717, 1.165) is 25.3 Å². The van der Waals surface area contributed by atoms with Gasteiger partial charge in [0, 0.05) is 17.6 Å². The van der Waals surface area contributed by atoms with Crippen LogP contribution in [0.5, 0.6) is 0 Å². The van der Waals surface area contributed by atoms with Gasteiger partial charge in [0.1, 0.15) is 5.60 Å². The molecule has 0 bridgehead atoms. The number of aliphatic hydroxyl groups is 1. The van der Waals surface area contributed by atoms with E-state index in [2.05, 4.69) is 27.7 Å². The van der Waals surface area contributed by atoms with Crippen molar-refractivity contribution in [2.24, 2.45) is 22.7 Å². The van der Waals surface area contributed by atoms with Gasteiger partial charge < -0.3 is 9.84 Å². The molecule has 0 aromatic heterocycles. The van der Waals surface area contributed by atoms with Gasteiger partial charge in [0.25, 0.3) is 0 Å². The molecule has 4 heteroatoms. The fourth-order valence-corrected chi connectivity index (χ4v) is 6.57. The summed E-state index contributed by atoms with van der Waals surface area (Å²) in [7, 11) is 0. The lowest BCUT2D eigenvalue weighted by atomic mass is 9.44. The van der Waals surface area contributed by atoms with Crippen LogP contribution in [0, 0.1) is 22.7 Å². The molecule has 0 amide bonds. The molecule has 4 aliphatic rings. The minimum absolute atomic E-state index is 0.0907. The number of allylic oxidation sites excluding steroid dienone is 2. The molecule has 1 heterocycles. The number of ketones is 2. The molecule has 0 aromatic carbocycles. The summed E-state index contributed by atoms with van der Waals surface area (Å²) in [5, 5.41) is 9.83. The average molecular weight is 344 g/mol. The van der Waals surface area contributed by atoms with E-state index in [1.807, 2.05) is 0 Å². The summed E-state index contributed by atoms with van der Waals surface area (Å²) in [5.41, 5.74) is 0.358. The lowest BCUT2D eigenvalue weighted by Gasteiger charge is -2.63. The minimum atomic E-state index is -0.447. The van der Waals surface area contributed by atoms with E-state index >= 15 is 0 Å². The van der Waals surface area contributed by atoms with Gasteiger partial charge in [0.15, 0.2) is 11.5 Å². The first kappa shape index (κ1) is 16.9. The van der Waals surface area contributed by atoms with Gasteiger partial charge in [0.05, 0.1) is 0 Å². The molecule has 0 unspecified atom stereocenters. The lowest BCUT2D eigenvalue weighted by Crippen LogP contribution is -2.60. The molecule has 3 aliphatic carbocycles. The van der Waals surface area contributed by atoms with Gasteiger partial charge in [-0.05, 0) is 55.8 Å². The fraction of sp³-hybridized carbons (Fsp3) is 0.714. The zero-order valence-corrected chi connectivity index (χ0v) is 15.6. The number of ether oxygens (including phenoxy) is 1. The first-order valence-corrected chi connectivity index (χ1v) is 9.50. The van der Waals surface area contributed by atoms with Crippen LogP contribution in [0.4, 0.5) is 0 Å². The van der Waals surface area contributed by atoms with Crippen LogP contribution >= 0.6 is 0 Å². The maximum atomic E-state index is 12.5. The van der Waals surface area contributed by atoms with Crippen LogP contribution in [0.3, 0.4) is 0 Å². The maximum Gasteiger partial charge on any atom is 0.227 e. The molecule has 2 fully saturated rings. The molecule has 0 radical (unpaired) electrons. The Bertz CT molecular complexity index is 728. The van der Waals surface area contributed by atoms with E-state index in [0.29, 0.717) is 17.9 Å². The summed E-state index contributed by atoms with van der Waals surface area (Å²) in [4.78, 5) is 24.8. The highest BCUT2D eigenvalue weighted by Crippen LogP contribution is 2.65. The summed E-state index contributed by atoms with van der Waals surface area (Å²) >= 11 is 0. The van der Waals surface area contributed by atoms with Crippen molar-refractivity contribution in [2.45, 2.75) is 71.8 Å². The van der Waals surface area contributed by atoms with Crippen LogP contribution in [0.2, 0.25) is 0 Å². The molecule has 1 N–H and O–H groups in total. The molecule has 0 aromatic rings. The van der Waals surface area contributed by atoms with Crippen molar-refractivity contribution in [1.82, 2.24) is 0 Å². The standard InChI is InChI=1S/C21H28O4/c1-19(2)7-5-8-20(3)15(19)6-9-21(4)16(20)10-12-17(24)13(22)11-14(23)18(12)25-21/h11,15-16,22H,5-10H2,1-4H3/t15-,16+,20-,21+/m0/s1. The Balaban J connectivity index is 1.78. The summed E-state index contributed by atoms with van der Waals surface area (Å²) in [5.74, 6) is -0.285. The van der Waals surface area contributed by atoms with Crippen LogP contribution in [-0.4, -0.2) is 22.3 Å². The molecular formula is C21H28O4. The molecule has 2 saturated carbocycles. The largest absolute Gasteiger partial charge is 0.504 e. The third-order valence-electron chi connectivity index (χ3n) is 7.75. The Kier molecular flexibility index (Phi) is 3.36. The van der Waals surface area contributed by atoms with E-state index in [9.17, 15) is 14.7 Å². The average Bonchev–Trinajstić information content (AvgIpc) is 2.50. The van der Waals surface area contributed by atoms with Crippen LogP contribution < -0.4 is 0 Å². The van der Waals surface area contributed by atoms with Crippen LogP contribution in [-0.2, 0) is 14.3 Å². The van der Waals surface area contributed by atoms with Gasteiger partial charge in [-0.1, -0.05) is 27.2 Å². The van der Waals surface area contributed by atoms with Gasteiger partial charge in [-0.15, -0.1) is 0 Å². The Morgan fingerprint density at radius 3 is 2.52 bits per heavy atom. The monoisotopic (exact) mass is 344 g/mol. The van der Waals surface area contributed by atoms with E-state index < -0.39 is 17.1 Å². The molecule has 4 nitrogen and oxygen atoms in total. The fourth-order valence-electron chi connectivity index (χ4n) is 6.57. The zero-order chi connectivity index (χ0) is 18.2. The molecule has 0 saturated heterocycles. The van der Waals surface area contributed by atoms with Crippen molar-refractivity contribution in [2.75, 3.05) is 0 Å². The van der Waals surface area contributed by atoms with Gasteiger partial charge in [-0.2, -0.15) is 0 Å². The van der Waals surface area contributed by atoms with Crippen molar-refractivity contribution >= 4 is 11.6 Å². The van der Waals surface area contributed by atoms with Crippen molar-refractivity contribution < 1.29 is 19.4 Å². The topological polar surface area (TPSA) is 63.6 Å². The number of hydrogen-bond donors (Lipinski definition) is 1. The van der Waals surface area contributed by atoms with Gasteiger partial charge in [0.2, 0.25) is 11.6 Å². The van der Waals surface area contributed by atoms with Gasteiger partial charge in [-0.3, -0.25) is 9.59 Å². The highest BCUT2D eigenvalue weighted by Gasteiger charge is 2.61. The Hall–Kier alpha value is -1.58. The quantitative estimate of drug-likeness (QED) is 0.667. The van der Waals surface area contributed by atoms with Gasteiger partial charge in [-0.25, -0.2) is 0 Å². The number of aliphatic hydroxyl groups excluding tert-OH is 1. The molecule has 136 valence electrons. The second kappa shape index (κ2) is 4.99. The molecule has 1 aliphatic heterocycles. The Labute approximate surface area is 149 Å². The minimum Gasteiger partial charge on any atom is -0.504 e. The van der Waals surface area contributed by atoms with Gasteiger partial charge >= 0.3 is 0 Å². The highest BCUT2D eigenvalue weighted by molar-refractivity contribution is 6.21. The molecule has 0 spiro atoms. The van der Waals surface area contributed by atoms with Crippen molar-refractivity contribution in [3.05, 3.63) is 23.2 Å². The second-order valence-electron chi connectivity index (χ2n) is 9.64. The third kappa shape index (κ3) is 2.18. The summed E-state index contributed by atoms with van der Waals surface area (Å²) in [6, 6.07) is 0. The number of carbonyl (C=O) groups excluding carboxylic acids is 2. The smallest absolute Gasteiger partial charge is 0.227 e. The lowest BCUT2D eigenvalue weighted by molar-refractivity contribution is -0.186. The normalized spacial score (nSPS) is 42.8.